The van der Waals surface area contributed by atoms with Crippen molar-refractivity contribution in [3.8, 4) is 0 Å². The summed E-state index contributed by atoms with van der Waals surface area (Å²) in [6, 6.07) is 5.38. The second kappa shape index (κ2) is 4.16. The van der Waals surface area contributed by atoms with E-state index in [0.29, 0.717) is 27.9 Å². The molecule has 1 aliphatic rings. The zero-order valence-corrected chi connectivity index (χ0v) is 10.6. The molecule has 0 spiro atoms. The van der Waals surface area contributed by atoms with Crippen molar-refractivity contribution in [1.29, 1.82) is 0 Å². The van der Waals surface area contributed by atoms with Gasteiger partial charge in [0.15, 0.2) is 0 Å². The summed E-state index contributed by atoms with van der Waals surface area (Å²) in [5, 5.41) is 21.3. The van der Waals surface area contributed by atoms with Crippen LogP contribution >= 0.6 is 11.6 Å². The van der Waals surface area contributed by atoms with Crippen LogP contribution in [0.15, 0.2) is 22.6 Å². The van der Waals surface area contributed by atoms with E-state index in [1.54, 1.807) is 12.1 Å². The molecule has 0 aliphatic heterocycles. The van der Waals surface area contributed by atoms with Gasteiger partial charge in [0.2, 0.25) is 0 Å². The Balaban J connectivity index is 2.49. The molecule has 92 valence electrons. The summed E-state index contributed by atoms with van der Waals surface area (Å²) < 4.78 is 5.74. The van der Waals surface area contributed by atoms with Crippen LogP contribution in [0.5, 0.6) is 0 Å². The quantitative estimate of drug-likeness (QED) is 0.756. The van der Waals surface area contributed by atoms with Gasteiger partial charge < -0.3 is 14.5 Å². The predicted octanol–water partition coefficient (Wildman–Crippen LogP) is 1.07. The van der Waals surface area contributed by atoms with Crippen LogP contribution in [-0.2, 0) is 0 Å². The van der Waals surface area contributed by atoms with Gasteiger partial charge in [-0.15, -0.1) is 0 Å². The molecule has 1 aromatic heterocycles. The molecule has 5 heteroatoms. The predicted molar refractivity (Wildman–Crippen MR) is 72.3 cm³/mol. The average Bonchev–Trinajstić information content (AvgIpc) is 2.64. The van der Waals surface area contributed by atoms with Gasteiger partial charge in [-0.2, -0.15) is 0 Å². The maximum atomic E-state index is 9.51. The number of benzene rings is 1. The van der Waals surface area contributed by atoms with Crippen LogP contribution in [0.25, 0.3) is 22.5 Å². The highest BCUT2D eigenvalue weighted by Crippen LogP contribution is 2.21. The zero-order chi connectivity index (χ0) is 12.9. The van der Waals surface area contributed by atoms with Gasteiger partial charge in [-0.1, -0.05) is 18.5 Å². The summed E-state index contributed by atoms with van der Waals surface area (Å²) in [6.07, 6.45) is 2.64. The van der Waals surface area contributed by atoms with Crippen molar-refractivity contribution in [3.63, 3.8) is 0 Å². The highest BCUT2D eigenvalue weighted by Gasteiger charge is 2.23. The lowest BCUT2D eigenvalue weighted by atomic mass is 9.71. The summed E-state index contributed by atoms with van der Waals surface area (Å²) >= 11 is 5.93. The minimum absolute atomic E-state index is 0.227. The van der Waals surface area contributed by atoms with Crippen molar-refractivity contribution < 1.29 is 14.5 Å². The Morgan fingerprint density at radius 1 is 1.39 bits per heavy atom. The Labute approximate surface area is 109 Å². The monoisotopic (exact) mass is 262 g/mol. The first-order valence-electron chi connectivity index (χ1n) is 5.85. The third-order valence-corrected chi connectivity index (χ3v) is 3.52. The maximum Gasteiger partial charge on any atom is 0.484 e. The average molecular weight is 263 g/mol. The largest absolute Gasteiger partial charge is 0.484 e. The molecule has 0 amide bonds. The molecule has 1 aromatic carbocycles. The number of halogens is 1. The minimum Gasteiger partial charge on any atom is -0.456 e. The number of hydrogen-bond donors (Lipinski definition) is 2. The van der Waals surface area contributed by atoms with Gasteiger partial charge in [0.25, 0.3) is 0 Å². The Kier molecular flexibility index (Phi) is 2.74. The molecule has 2 N–H and O–H groups in total. The van der Waals surface area contributed by atoms with Crippen molar-refractivity contribution in [1.82, 2.24) is 0 Å². The van der Waals surface area contributed by atoms with E-state index in [2.05, 4.69) is 0 Å². The molecule has 1 atom stereocenters. The third kappa shape index (κ3) is 1.77. The van der Waals surface area contributed by atoms with E-state index in [0.717, 1.165) is 10.6 Å². The molecule has 1 unspecified atom stereocenters. The van der Waals surface area contributed by atoms with Crippen molar-refractivity contribution in [2.24, 2.45) is 5.92 Å². The summed E-state index contributed by atoms with van der Waals surface area (Å²) in [7, 11) is -1.45. The van der Waals surface area contributed by atoms with Crippen LogP contribution in [0.4, 0.5) is 0 Å². The Bertz CT molecular complexity index is 733. The van der Waals surface area contributed by atoms with E-state index < -0.39 is 7.12 Å². The highest BCUT2D eigenvalue weighted by atomic mass is 35.5. The van der Waals surface area contributed by atoms with E-state index in [-0.39, 0.29) is 5.92 Å². The number of rotatable bonds is 1. The van der Waals surface area contributed by atoms with Gasteiger partial charge in [-0.25, -0.2) is 0 Å². The Hall–Kier alpha value is -1.23. The number of furan rings is 1. The van der Waals surface area contributed by atoms with Crippen LogP contribution in [-0.4, -0.2) is 17.2 Å². The second-order valence-corrected chi connectivity index (χ2v) is 5.17. The Morgan fingerprint density at radius 3 is 2.89 bits per heavy atom. The van der Waals surface area contributed by atoms with Crippen LogP contribution < -0.4 is 10.6 Å². The molecule has 0 radical (unpaired) electrons. The first-order valence-corrected chi connectivity index (χ1v) is 6.23. The van der Waals surface area contributed by atoms with E-state index in [1.807, 2.05) is 19.1 Å². The normalized spacial score (nSPS) is 18.7. The third-order valence-electron chi connectivity index (χ3n) is 3.29. The van der Waals surface area contributed by atoms with E-state index in [9.17, 15) is 10.0 Å². The van der Waals surface area contributed by atoms with Crippen molar-refractivity contribution in [3.05, 3.63) is 33.9 Å². The van der Waals surface area contributed by atoms with Gasteiger partial charge in [-0.3, -0.25) is 0 Å². The summed E-state index contributed by atoms with van der Waals surface area (Å²) in [5.74, 6) is 0.227. The number of hydrogen-bond acceptors (Lipinski definition) is 3. The van der Waals surface area contributed by atoms with Gasteiger partial charge in [0, 0.05) is 21.7 Å². The molecule has 0 fully saturated rings. The molecular weight excluding hydrogens is 250 g/mol. The fraction of sp³-hybridized carbons (Fsp3) is 0.231. The molecule has 1 aliphatic carbocycles. The van der Waals surface area contributed by atoms with Gasteiger partial charge in [0.1, 0.15) is 11.0 Å². The summed E-state index contributed by atoms with van der Waals surface area (Å²) in [5.41, 5.74) is 1.99. The smallest absolute Gasteiger partial charge is 0.456 e. The highest BCUT2D eigenvalue weighted by molar-refractivity contribution is 6.63. The first-order chi connectivity index (χ1) is 8.56. The molecule has 0 bridgehead atoms. The maximum absolute atomic E-state index is 9.51. The van der Waals surface area contributed by atoms with Crippen LogP contribution in [0.2, 0.25) is 5.02 Å². The van der Waals surface area contributed by atoms with Gasteiger partial charge in [0.05, 0.1) is 0 Å². The fourth-order valence-corrected chi connectivity index (χ4v) is 2.70. The SMILES string of the molecule is CC1C=c2oc3cc(Cl)ccc3c2=C(B(O)O)C1. The van der Waals surface area contributed by atoms with Crippen LogP contribution in [0, 0.1) is 5.92 Å². The lowest BCUT2D eigenvalue weighted by molar-refractivity contribution is 0.423. The second-order valence-electron chi connectivity index (χ2n) is 4.73. The molecule has 3 nitrogen and oxygen atoms in total. The number of fused-ring (bicyclic) bond motifs is 3. The molecule has 1 heterocycles. The molecule has 0 saturated heterocycles. The molecule has 2 aromatic rings. The van der Waals surface area contributed by atoms with Crippen molar-refractivity contribution in [2.45, 2.75) is 13.3 Å². The summed E-state index contributed by atoms with van der Waals surface area (Å²) in [4.78, 5) is 0. The topological polar surface area (TPSA) is 53.6 Å². The van der Waals surface area contributed by atoms with Gasteiger partial charge in [-0.05, 0) is 36.0 Å². The Morgan fingerprint density at radius 2 is 2.17 bits per heavy atom. The van der Waals surface area contributed by atoms with Crippen molar-refractivity contribution in [2.75, 3.05) is 0 Å². The standard InChI is InChI=1S/C13H12BClO3/c1-7-4-10(14(16)17)13-9-3-2-8(15)6-11(9)18-12(13)5-7/h2-3,5-7,16-17H,4H2,1H3. The van der Waals surface area contributed by atoms with E-state index in [1.165, 1.54) is 0 Å². The van der Waals surface area contributed by atoms with E-state index in [4.69, 9.17) is 16.0 Å². The van der Waals surface area contributed by atoms with E-state index >= 15 is 0 Å². The summed E-state index contributed by atoms with van der Waals surface area (Å²) in [6.45, 7) is 2.02. The fourth-order valence-electron chi connectivity index (χ4n) is 2.54. The molecular formula is C13H12BClO3. The van der Waals surface area contributed by atoms with Gasteiger partial charge >= 0.3 is 7.12 Å². The lowest BCUT2D eigenvalue weighted by Gasteiger charge is -2.13. The van der Waals surface area contributed by atoms with Crippen LogP contribution in [0.1, 0.15) is 13.3 Å². The zero-order valence-electron chi connectivity index (χ0n) is 9.85. The molecule has 3 rings (SSSR count). The first kappa shape index (κ1) is 11.8. The van der Waals surface area contributed by atoms with Crippen LogP contribution in [0.3, 0.4) is 0 Å². The molecule has 0 saturated carbocycles. The lowest BCUT2D eigenvalue weighted by Crippen LogP contribution is -2.35. The van der Waals surface area contributed by atoms with Crippen molar-refractivity contribution >= 4 is 41.2 Å². The minimum atomic E-state index is -1.45. The molecule has 18 heavy (non-hydrogen) atoms.